The molecular formula is C17H22N4O. The van der Waals surface area contributed by atoms with Crippen LogP contribution in [-0.2, 0) is 4.79 Å². The van der Waals surface area contributed by atoms with E-state index in [-0.39, 0.29) is 11.9 Å². The predicted molar refractivity (Wildman–Crippen MR) is 85.2 cm³/mol. The van der Waals surface area contributed by atoms with Crippen molar-refractivity contribution in [2.45, 2.75) is 18.9 Å². The van der Waals surface area contributed by atoms with Gasteiger partial charge in [-0.2, -0.15) is 5.10 Å². The van der Waals surface area contributed by atoms with Crippen molar-refractivity contribution < 1.29 is 4.79 Å². The molecular weight excluding hydrogens is 276 g/mol. The van der Waals surface area contributed by atoms with Crippen molar-refractivity contribution in [3.8, 4) is 0 Å². The molecule has 1 aromatic carbocycles. The maximum atomic E-state index is 12.7. The van der Waals surface area contributed by atoms with Crippen LogP contribution in [0.3, 0.4) is 0 Å². The number of amides is 1. The van der Waals surface area contributed by atoms with E-state index in [0.717, 1.165) is 13.1 Å². The smallest absolute Gasteiger partial charge is 0.247 e. The molecule has 1 aliphatic heterocycles. The highest BCUT2D eigenvalue weighted by atomic mass is 16.2. The molecule has 5 nitrogen and oxygen atoms in total. The molecule has 2 heterocycles. The number of carbonyl (C=O) groups is 1. The number of nitrogens with two attached hydrogens (primary N) is 1. The van der Waals surface area contributed by atoms with E-state index >= 15 is 0 Å². The highest BCUT2D eigenvalue weighted by molar-refractivity contribution is 5.80. The lowest BCUT2D eigenvalue weighted by Gasteiger charge is -2.21. The molecule has 0 bridgehead atoms. The van der Waals surface area contributed by atoms with E-state index in [1.807, 2.05) is 42.3 Å². The molecule has 0 saturated carbocycles. The lowest BCUT2D eigenvalue weighted by Crippen LogP contribution is -2.35. The van der Waals surface area contributed by atoms with Gasteiger partial charge in [-0.15, -0.1) is 0 Å². The summed E-state index contributed by atoms with van der Waals surface area (Å²) in [7, 11) is 0. The SMILES string of the molecule is CC(C(=O)N1C[C@@H](CN)[C@H](c2ccccc2)C1)n1cccn1. The maximum Gasteiger partial charge on any atom is 0.247 e. The van der Waals surface area contributed by atoms with Gasteiger partial charge in [-0.1, -0.05) is 30.3 Å². The quantitative estimate of drug-likeness (QED) is 0.933. The van der Waals surface area contributed by atoms with Crippen molar-refractivity contribution in [2.75, 3.05) is 19.6 Å². The van der Waals surface area contributed by atoms with Crippen LogP contribution in [-0.4, -0.2) is 40.2 Å². The second kappa shape index (κ2) is 6.32. The number of carbonyl (C=O) groups excluding carboxylic acids is 1. The fraction of sp³-hybridized carbons (Fsp3) is 0.412. The molecule has 1 saturated heterocycles. The number of nitrogens with zero attached hydrogens (tertiary/aromatic N) is 3. The van der Waals surface area contributed by atoms with Crippen LogP contribution in [0.4, 0.5) is 0 Å². The number of benzene rings is 1. The van der Waals surface area contributed by atoms with Gasteiger partial charge in [0, 0.05) is 31.4 Å². The zero-order valence-electron chi connectivity index (χ0n) is 12.8. The first kappa shape index (κ1) is 14.8. The summed E-state index contributed by atoms with van der Waals surface area (Å²) in [5.74, 6) is 0.747. The standard InChI is InChI=1S/C17H22N4O/c1-13(21-9-5-8-19-21)17(22)20-11-15(10-18)16(12-20)14-6-3-2-4-7-14/h2-9,13,15-16H,10-12,18H2,1H3/t13?,15-,16+/m1/s1. The molecule has 1 aliphatic rings. The Hall–Kier alpha value is -2.14. The first-order chi connectivity index (χ1) is 10.7. The van der Waals surface area contributed by atoms with Gasteiger partial charge in [0.1, 0.15) is 6.04 Å². The monoisotopic (exact) mass is 298 g/mol. The Morgan fingerprint density at radius 2 is 2.09 bits per heavy atom. The van der Waals surface area contributed by atoms with Crippen LogP contribution in [0.5, 0.6) is 0 Å². The van der Waals surface area contributed by atoms with Crippen LogP contribution in [0.2, 0.25) is 0 Å². The molecule has 2 N–H and O–H groups in total. The highest BCUT2D eigenvalue weighted by Gasteiger charge is 2.36. The molecule has 1 amide bonds. The number of hydrogen-bond acceptors (Lipinski definition) is 3. The normalized spacial score (nSPS) is 22.7. The number of rotatable bonds is 4. The summed E-state index contributed by atoms with van der Waals surface area (Å²) in [5.41, 5.74) is 7.20. The fourth-order valence-corrected chi connectivity index (χ4v) is 3.26. The molecule has 1 unspecified atom stereocenters. The third kappa shape index (κ3) is 2.76. The Kier molecular flexibility index (Phi) is 4.24. The maximum absolute atomic E-state index is 12.7. The molecule has 5 heteroatoms. The third-order valence-corrected chi connectivity index (χ3v) is 4.56. The summed E-state index contributed by atoms with van der Waals surface area (Å²) in [4.78, 5) is 14.6. The third-order valence-electron chi connectivity index (χ3n) is 4.56. The Labute approximate surface area is 130 Å². The van der Waals surface area contributed by atoms with Crippen molar-refractivity contribution in [2.24, 2.45) is 11.7 Å². The molecule has 116 valence electrons. The molecule has 1 fully saturated rings. The van der Waals surface area contributed by atoms with Crippen LogP contribution in [0, 0.1) is 5.92 Å². The Bertz CT molecular complexity index is 611. The van der Waals surface area contributed by atoms with Crippen LogP contribution in [0.1, 0.15) is 24.4 Å². The van der Waals surface area contributed by atoms with Crippen molar-refractivity contribution in [1.29, 1.82) is 0 Å². The van der Waals surface area contributed by atoms with Crippen LogP contribution in [0.15, 0.2) is 48.8 Å². The first-order valence-electron chi connectivity index (χ1n) is 7.73. The van der Waals surface area contributed by atoms with Crippen molar-refractivity contribution >= 4 is 5.91 Å². The van der Waals surface area contributed by atoms with Gasteiger partial charge in [-0.05, 0) is 31.0 Å². The van der Waals surface area contributed by atoms with Gasteiger partial charge in [0.2, 0.25) is 5.91 Å². The Morgan fingerprint density at radius 1 is 1.32 bits per heavy atom. The largest absolute Gasteiger partial charge is 0.340 e. The highest BCUT2D eigenvalue weighted by Crippen LogP contribution is 2.33. The van der Waals surface area contributed by atoms with E-state index in [2.05, 4.69) is 17.2 Å². The Morgan fingerprint density at radius 3 is 2.73 bits per heavy atom. The first-order valence-corrected chi connectivity index (χ1v) is 7.73. The minimum Gasteiger partial charge on any atom is -0.340 e. The second-order valence-electron chi connectivity index (χ2n) is 5.92. The van der Waals surface area contributed by atoms with Gasteiger partial charge < -0.3 is 10.6 Å². The van der Waals surface area contributed by atoms with Crippen LogP contribution < -0.4 is 5.73 Å². The molecule has 22 heavy (non-hydrogen) atoms. The number of likely N-dealkylation sites (tertiary alicyclic amines) is 1. The molecule has 3 atom stereocenters. The van der Waals surface area contributed by atoms with E-state index < -0.39 is 0 Å². The van der Waals surface area contributed by atoms with Crippen molar-refractivity contribution in [1.82, 2.24) is 14.7 Å². The van der Waals surface area contributed by atoms with Crippen LogP contribution in [0.25, 0.3) is 0 Å². The molecule has 3 rings (SSSR count). The average molecular weight is 298 g/mol. The topological polar surface area (TPSA) is 64.2 Å². The molecule has 0 spiro atoms. The van der Waals surface area contributed by atoms with E-state index in [4.69, 9.17) is 5.73 Å². The van der Waals surface area contributed by atoms with E-state index in [0.29, 0.717) is 18.4 Å². The van der Waals surface area contributed by atoms with E-state index in [1.54, 1.807) is 10.9 Å². The number of hydrogen-bond donors (Lipinski definition) is 1. The summed E-state index contributed by atoms with van der Waals surface area (Å²) < 4.78 is 1.70. The van der Waals surface area contributed by atoms with Gasteiger partial charge >= 0.3 is 0 Å². The average Bonchev–Trinajstić information content (AvgIpc) is 3.23. The molecule has 0 radical (unpaired) electrons. The van der Waals surface area contributed by atoms with Crippen molar-refractivity contribution in [3.63, 3.8) is 0 Å². The lowest BCUT2D eigenvalue weighted by molar-refractivity contribution is -0.133. The summed E-state index contributed by atoms with van der Waals surface area (Å²) >= 11 is 0. The van der Waals surface area contributed by atoms with Gasteiger partial charge in [-0.3, -0.25) is 9.48 Å². The van der Waals surface area contributed by atoms with Gasteiger partial charge in [-0.25, -0.2) is 0 Å². The minimum atomic E-state index is -0.275. The van der Waals surface area contributed by atoms with Gasteiger partial charge in [0.25, 0.3) is 0 Å². The number of aromatic nitrogens is 2. The minimum absolute atomic E-state index is 0.112. The second-order valence-corrected chi connectivity index (χ2v) is 5.92. The lowest BCUT2D eigenvalue weighted by atomic mass is 9.89. The molecule has 2 aromatic rings. The van der Waals surface area contributed by atoms with Crippen molar-refractivity contribution in [3.05, 3.63) is 54.4 Å². The zero-order valence-corrected chi connectivity index (χ0v) is 12.8. The zero-order chi connectivity index (χ0) is 15.5. The predicted octanol–water partition coefficient (Wildman–Crippen LogP) is 1.64. The van der Waals surface area contributed by atoms with Gasteiger partial charge in [0.15, 0.2) is 0 Å². The van der Waals surface area contributed by atoms with E-state index in [1.165, 1.54) is 5.56 Å². The Balaban J connectivity index is 1.75. The summed E-state index contributed by atoms with van der Waals surface area (Å²) in [6.45, 7) is 3.94. The fourth-order valence-electron chi connectivity index (χ4n) is 3.26. The molecule has 1 aromatic heterocycles. The van der Waals surface area contributed by atoms with Gasteiger partial charge in [0.05, 0.1) is 0 Å². The van der Waals surface area contributed by atoms with E-state index in [9.17, 15) is 4.79 Å². The molecule has 0 aliphatic carbocycles. The summed E-state index contributed by atoms with van der Waals surface area (Å²) in [5, 5.41) is 4.17. The van der Waals surface area contributed by atoms with Crippen LogP contribution >= 0.6 is 0 Å². The summed E-state index contributed by atoms with van der Waals surface area (Å²) in [6, 6.07) is 11.9. The summed E-state index contributed by atoms with van der Waals surface area (Å²) in [6.07, 6.45) is 3.52.